The Morgan fingerprint density at radius 2 is 1.59 bits per heavy atom. The van der Waals surface area contributed by atoms with Crippen molar-refractivity contribution in [2.24, 2.45) is 0 Å². The summed E-state index contributed by atoms with van der Waals surface area (Å²) < 4.78 is 9.90. The van der Waals surface area contributed by atoms with Crippen LogP contribution in [0.2, 0.25) is 5.02 Å². The van der Waals surface area contributed by atoms with Crippen LogP contribution >= 0.6 is 11.6 Å². The molecule has 0 aromatic heterocycles. The minimum atomic E-state index is -0.545. The maximum atomic E-state index is 12.3. The second kappa shape index (κ2) is 10.4. The molecule has 0 fully saturated rings. The average molecular weight is 421 g/mol. The summed E-state index contributed by atoms with van der Waals surface area (Å²) in [6, 6.07) is 11.4. The van der Waals surface area contributed by atoms with Gasteiger partial charge in [-0.3, -0.25) is 9.59 Å². The number of nitrogens with one attached hydrogen (secondary N) is 3. The minimum absolute atomic E-state index is 0.0234. The molecule has 2 amide bonds. The van der Waals surface area contributed by atoms with E-state index in [1.54, 1.807) is 49.5 Å². The van der Waals surface area contributed by atoms with Gasteiger partial charge in [0, 0.05) is 5.02 Å². The van der Waals surface area contributed by atoms with Gasteiger partial charge in [-0.2, -0.15) is 0 Å². The maximum Gasteiger partial charge on any atom is 0.339 e. The molecule has 9 heteroatoms. The molecule has 2 aromatic carbocycles. The third-order valence-corrected chi connectivity index (χ3v) is 4.20. The number of hydrogen-bond donors (Lipinski definition) is 3. The first-order valence-corrected chi connectivity index (χ1v) is 9.13. The van der Waals surface area contributed by atoms with Crippen LogP contribution in [0.1, 0.15) is 10.4 Å². The van der Waals surface area contributed by atoms with Crippen LogP contribution in [-0.4, -0.2) is 52.1 Å². The predicted molar refractivity (Wildman–Crippen MR) is 110 cm³/mol. The lowest BCUT2D eigenvalue weighted by Crippen LogP contribution is -3.11. The summed E-state index contributed by atoms with van der Waals surface area (Å²) >= 11 is 5.96. The van der Waals surface area contributed by atoms with Crippen molar-refractivity contribution in [1.82, 2.24) is 0 Å². The van der Waals surface area contributed by atoms with E-state index in [4.69, 9.17) is 21.1 Å². The molecular weight excluding hydrogens is 398 g/mol. The third-order valence-electron chi connectivity index (χ3n) is 3.97. The molecule has 0 radical (unpaired) electrons. The normalized spacial score (nSPS) is 11.3. The lowest BCUT2D eigenvalue weighted by molar-refractivity contribution is -0.862. The second-order valence-corrected chi connectivity index (χ2v) is 6.73. The smallest absolute Gasteiger partial charge is 0.339 e. The van der Waals surface area contributed by atoms with Crippen LogP contribution in [-0.2, 0) is 14.3 Å². The van der Waals surface area contributed by atoms with Crippen LogP contribution < -0.4 is 20.3 Å². The van der Waals surface area contributed by atoms with Crippen molar-refractivity contribution in [2.45, 2.75) is 0 Å². The van der Waals surface area contributed by atoms with E-state index in [1.807, 2.05) is 0 Å². The monoisotopic (exact) mass is 420 g/mol. The van der Waals surface area contributed by atoms with Gasteiger partial charge in [0.2, 0.25) is 0 Å². The van der Waals surface area contributed by atoms with Crippen molar-refractivity contribution in [3.63, 3.8) is 0 Å². The number of likely N-dealkylation sites (N-methyl/N-ethyl adjacent to an activating group) is 1. The SMILES string of the molecule is COC(=O)c1ccccc1NC(=O)C[NH+](C)CC(=O)Nc1cc(Cl)ccc1OC. The molecule has 0 saturated heterocycles. The molecular formula is C20H23ClN3O5+. The van der Waals surface area contributed by atoms with Crippen molar-refractivity contribution in [3.8, 4) is 5.75 Å². The summed E-state index contributed by atoms with van der Waals surface area (Å²) in [6.45, 7) is 0.0668. The van der Waals surface area contributed by atoms with Crippen LogP contribution in [0, 0.1) is 0 Å². The number of para-hydroxylation sites is 1. The number of halogens is 1. The van der Waals surface area contributed by atoms with Crippen LogP contribution in [0.25, 0.3) is 0 Å². The topological polar surface area (TPSA) is 98.2 Å². The lowest BCUT2D eigenvalue weighted by Gasteiger charge is -2.15. The van der Waals surface area contributed by atoms with E-state index in [0.29, 0.717) is 27.0 Å². The number of carbonyl (C=O) groups excluding carboxylic acids is 3. The lowest BCUT2D eigenvalue weighted by atomic mass is 10.2. The fraction of sp³-hybridized carbons (Fsp3) is 0.250. The third kappa shape index (κ3) is 6.48. The van der Waals surface area contributed by atoms with Crippen molar-refractivity contribution in [2.75, 3.05) is 45.0 Å². The molecule has 0 heterocycles. The zero-order chi connectivity index (χ0) is 21.4. The van der Waals surface area contributed by atoms with Crippen LogP contribution in [0.3, 0.4) is 0 Å². The number of quaternary nitrogens is 1. The molecule has 0 aliphatic rings. The zero-order valence-electron chi connectivity index (χ0n) is 16.4. The Hall–Kier alpha value is -3.10. The summed E-state index contributed by atoms with van der Waals surface area (Å²) in [6.07, 6.45) is 0. The van der Waals surface area contributed by atoms with Gasteiger partial charge in [0.25, 0.3) is 11.8 Å². The average Bonchev–Trinajstić information content (AvgIpc) is 2.67. The van der Waals surface area contributed by atoms with E-state index < -0.39 is 5.97 Å². The molecule has 0 aliphatic heterocycles. The first-order valence-electron chi connectivity index (χ1n) is 8.76. The number of esters is 1. The van der Waals surface area contributed by atoms with Gasteiger partial charge >= 0.3 is 5.97 Å². The van der Waals surface area contributed by atoms with E-state index in [2.05, 4.69) is 10.6 Å². The Morgan fingerprint density at radius 3 is 2.21 bits per heavy atom. The molecule has 1 unspecified atom stereocenters. The van der Waals surface area contributed by atoms with Crippen molar-refractivity contribution >= 4 is 40.8 Å². The molecule has 0 aliphatic carbocycles. The van der Waals surface area contributed by atoms with Crippen molar-refractivity contribution < 1.29 is 28.8 Å². The van der Waals surface area contributed by atoms with Gasteiger partial charge < -0.3 is 25.0 Å². The van der Waals surface area contributed by atoms with E-state index in [0.717, 1.165) is 0 Å². The number of amides is 2. The van der Waals surface area contributed by atoms with Gasteiger partial charge in [-0.1, -0.05) is 23.7 Å². The fourth-order valence-corrected chi connectivity index (χ4v) is 2.83. The van der Waals surface area contributed by atoms with Gasteiger partial charge in [0.05, 0.1) is 38.2 Å². The number of anilines is 2. The molecule has 3 N–H and O–H groups in total. The molecule has 0 saturated carbocycles. The van der Waals surface area contributed by atoms with E-state index in [1.165, 1.54) is 14.2 Å². The highest BCUT2D eigenvalue weighted by Gasteiger charge is 2.18. The summed E-state index contributed by atoms with van der Waals surface area (Å²) in [4.78, 5) is 37.1. The summed E-state index contributed by atoms with van der Waals surface area (Å²) in [5.74, 6) is -0.702. The predicted octanol–water partition coefficient (Wildman–Crippen LogP) is 1.23. The Morgan fingerprint density at radius 1 is 0.966 bits per heavy atom. The molecule has 29 heavy (non-hydrogen) atoms. The van der Waals surface area contributed by atoms with Gasteiger partial charge in [-0.05, 0) is 30.3 Å². The Bertz CT molecular complexity index is 903. The van der Waals surface area contributed by atoms with Gasteiger partial charge in [-0.15, -0.1) is 0 Å². The van der Waals surface area contributed by atoms with Crippen molar-refractivity contribution in [1.29, 1.82) is 0 Å². The molecule has 0 bridgehead atoms. The van der Waals surface area contributed by atoms with E-state index in [9.17, 15) is 14.4 Å². The molecule has 2 aromatic rings. The van der Waals surface area contributed by atoms with Gasteiger partial charge in [0.15, 0.2) is 13.1 Å². The molecule has 2 rings (SSSR count). The van der Waals surface area contributed by atoms with E-state index >= 15 is 0 Å². The number of hydrogen-bond acceptors (Lipinski definition) is 5. The van der Waals surface area contributed by atoms with Gasteiger partial charge in [0.1, 0.15) is 5.75 Å². The molecule has 1 atom stereocenters. The largest absolute Gasteiger partial charge is 0.495 e. The van der Waals surface area contributed by atoms with Crippen LogP contribution in [0.4, 0.5) is 11.4 Å². The Balaban J connectivity index is 1.93. The number of benzene rings is 2. The van der Waals surface area contributed by atoms with Crippen molar-refractivity contribution in [3.05, 3.63) is 53.1 Å². The Kier molecular flexibility index (Phi) is 7.99. The number of rotatable bonds is 8. The minimum Gasteiger partial charge on any atom is -0.495 e. The fourth-order valence-electron chi connectivity index (χ4n) is 2.66. The van der Waals surface area contributed by atoms with Gasteiger partial charge in [-0.25, -0.2) is 4.79 Å². The number of methoxy groups -OCH3 is 2. The summed E-state index contributed by atoms with van der Waals surface area (Å²) in [7, 11) is 4.47. The highest BCUT2D eigenvalue weighted by molar-refractivity contribution is 6.31. The Labute approximate surface area is 173 Å². The summed E-state index contributed by atoms with van der Waals surface area (Å²) in [5.41, 5.74) is 1.06. The summed E-state index contributed by atoms with van der Waals surface area (Å²) in [5, 5.41) is 5.86. The quantitative estimate of drug-likeness (QED) is 0.558. The maximum absolute atomic E-state index is 12.3. The second-order valence-electron chi connectivity index (χ2n) is 6.29. The van der Waals surface area contributed by atoms with Crippen LogP contribution in [0.15, 0.2) is 42.5 Å². The number of carbonyl (C=O) groups is 3. The molecule has 154 valence electrons. The highest BCUT2D eigenvalue weighted by Crippen LogP contribution is 2.27. The highest BCUT2D eigenvalue weighted by atomic mass is 35.5. The van der Waals surface area contributed by atoms with Crippen LogP contribution in [0.5, 0.6) is 5.75 Å². The first kappa shape index (κ1) is 22.2. The standard InChI is InChI=1S/C20H22ClN3O5/c1-24(12-19(26)23-16-10-13(21)8-9-17(16)28-2)11-18(25)22-15-7-5-4-6-14(15)20(27)29-3/h4-10H,11-12H2,1-3H3,(H,22,25)(H,23,26)/p+1. The first-order chi connectivity index (χ1) is 13.8. The zero-order valence-corrected chi connectivity index (χ0v) is 17.1. The van der Waals surface area contributed by atoms with E-state index in [-0.39, 0.29) is 30.5 Å². The molecule has 8 nitrogen and oxygen atoms in total. The number of ether oxygens (including phenoxy) is 2. The molecule has 0 spiro atoms.